The third-order valence-corrected chi connectivity index (χ3v) is 4.08. The van der Waals surface area contributed by atoms with Gasteiger partial charge in [-0.25, -0.2) is 0 Å². The lowest BCUT2D eigenvalue weighted by atomic mass is 10.2. The van der Waals surface area contributed by atoms with Crippen LogP contribution in [0.5, 0.6) is 5.75 Å². The first kappa shape index (κ1) is 19.5. The molecule has 3 aromatic rings. The van der Waals surface area contributed by atoms with E-state index >= 15 is 0 Å². The van der Waals surface area contributed by atoms with E-state index in [0.717, 1.165) is 18.7 Å². The topological polar surface area (TPSA) is 87.5 Å². The first-order valence-corrected chi connectivity index (χ1v) is 9.13. The summed E-state index contributed by atoms with van der Waals surface area (Å²) in [7, 11) is 4.04. The van der Waals surface area contributed by atoms with E-state index in [4.69, 9.17) is 13.6 Å². The van der Waals surface area contributed by atoms with Gasteiger partial charge in [-0.15, -0.1) is 0 Å². The molecular formula is C21H24N4O3. The van der Waals surface area contributed by atoms with E-state index in [1.165, 1.54) is 5.56 Å². The van der Waals surface area contributed by atoms with Crippen LogP contribution < -0.4 is 10.1 Å². The van der Waals surface area contributed by atoms with Gasteiger partial charge in [0, 0.05) is 6.54 Å². The highest BCUT2D eigenvalue weighted by atomic mass is 16.5. The molecule has 0 saturated carbocycles. The highest BCUT2D eigenvalue weighted by Crippen LogP contribution is 2.27. The van der Waals surface area contributed by atoms with E-state index < -0.39 is 0 Å². The molecule has 28 heavy (non-hydrogen) atoms. The number of ether oxygens (including phenoxy) is 1. The van der Waals surface area contributed by atoms with Crippen molar-refractivity contribution in [1.82, 2.24) is 9.88 Å². The second-order valence-corrected chi connectivity index (χ2v) is 6.76. The maximum atomic E-state index is 9.29. The van der Waals surface area contributed by atoms with E-state index in [1.54, 1.807) is 6.07 Å². The summed E-state index contributed by atoms with van der Waals surface area (Å²) in [6.45, 7) is 3.96. The summed E-state index contributed by atoms with van der Waals surface area (Å²) in [5.41, 5.74) is 1.39. The fourth-order valence-electron chi connectivity index (χ4n) is 2.58. The minimum absolute atomic E-state index is 0.216. The molecule has 1 N–H and O–H groups in total. The number of rotatable bonds is 9. The molecular weight excluding hydrogens is 356 g/mol. The largest absolute Gasteiger partial charge is 0.486 e. The normalized spacial score (nSPS) is 10.8. The number of anilines is 1. The Morgan fingerprint density at radius 3 is 2.64 bits per heavy atom. The number of nitrogens with one attached hydrogen (secondary N) is 1. The molecule has 0 aliphatic carbocycles. The lowest BCUT2D eigenvalue weighted by Crippen LogP contribution is -2.16. The molecule has 7 nitrogen and oxygen atoms in total. The predicted octanol–water partition coefficient (Wildman–Crippen LogP) is 4.06. The van der Waals surface area contributed by atoms with Crippen LogP contribution in [0.3, 0.4) is 0 Å². The third kappa shape index (κ3) is 5.15. The zero-order valence-electron chi connectivity index (χ0n) is 16.4. The molecule has 0 spiro atoms. The van der Waals surface area contributed by atoms with E-state index in [9.17, 15) is 5.26 Å². The predicted molar refractivity (Wildman–Crippen MR) is 106 cm³/mol. The Kier molecular flexibility index (Phi) is 6.35. The van der Waals surface area contributed by atoms with Gasteiger partial charge in [0.15, 0.2) is 5.76 Å². The van der Waals surface area contributed by atoms with Crippen molar-refractivity contribution < 1.29 is 13.6 Å². The van der Waals surface area contributed by atoms with Crippen molar-refractivity contribution in [3.8, 4) is 23.5 Å². The fourth-order valence-corrected chi connectivity index (χ4v) is 2.58. The van der Waals surface area contributed by atoms with Crippen LogP contribution in [0.2, 0.25) is 0 Å². The highest BCUT2D eigenvalue weighted by molar-refractivity contribution is 5.54. The van der Waals surface area contributed by atoms with Gasteiger partial charge in [-0.1, -0.05) is 17.7 Å². The average Bonchev–Trinajstić information content (AvgIpc) is 3.31. The van der Waals surface area contributed by atoms with Crippen molar-refractivity contribution in [2.75, 3.05) is 32.5 Å². The maximum Gasteiger partial charge on any atom is 0.266 e. The lowest BCUT2D eigenvalue weighted by Gasteiger charge is -2.08. The molecule has 0 aliphatic rings. The van der Waals surface area contributed by atoms with Crippen LogP contribution in [-0.2, 0) is 6.61 Å². The highest BCUT2D eigenvalue weighted by Gasteiger charge is 2.17. The number of nitriles is 1. The fraction of sp³-hybridized carbons (Fsp3) is 0.333. The van der Waals surface area contributed by atoms with Crippen molar-refractivity contribution in [2.45, 2.75) is 20.0 Å². The lowest BCUT2D eigenvalue weighted by molar-refractivity contribution is 0.271. The number of hydrogen-bond acceptors (Lipinski definition) is 7. The Morgan fingerprint density at radius 2 is 1.93 bits per heavy atom. The Balaban J connectivity index is 1.62. The second kappa shape index (κ2) is 9.11. The van der Waals surface area contributed by atoms with Crippen molar-refractivity contribution in [2.24, 2.45) is 0 Å². The zero-order valence-corrected chi connectivity index (χ0v) is 16.4. The van der Waals surface area contributed by atoms with Gasteiger partial charge >= 0.3 is 0 Å². The molecule has 2 heterocycles. The number of hydrogen-bond donors (Lipinski definition) is 1. The summed E-state index contributed by atoms with van der Waals surface area (Å²) < 4.78 is 17.2. The molecule has 0 aliphatic heterocycles. The first-order valence-electron chi connectivity index (χ1n) is 9.13. The summed E-state index contributed by atoms with van der Waals surface area (Å²) in [6, 6.07) is 13.4. The van der Waals surface area contributed by atoms with Gasteiger partial charge in [-0.2, -0.15) is 10.2 Å². The summed E-state index contributed by atoms with van der Waals surface area (Å²) in [4.78, 5) is 6.32. The van der Waals surface area contributed by atoms with Gasteiger partial charge in [0.25, 0.3) is 5.89 Å². The molecule has 0 bridgehead atoms. The number of benzene rings is 1. The monoisotopic (exact) mass is 380 g/mol. The number of oxazole rings is 1. The summed E-state index contributed by atoms with van der Waals surface area (Å²) in [5.74, 6) is 2.52. The van der Waals surface area contributed by atoms with Crippen molar-refractivity contribution in [1.29, 1.82) is 5.26 Å². The molecule has 3 rings (SSSR count). The van der Waals surface area contributed by atoms with Crippen LogP contribution in [0, 0.1) is 18.3 Å². The van der Waals surface area contributed by atoms with Crippen LogP contribution in [0.4, 0.5) is 5.88 Å². The summed E-state index contributed by atoms with van der Waals surface area (Å²) in [5, 5.41) is 12.4. The Hall–Kier alpha value is -3.24. The second-order valence-electron chi connectivity index (χ2n) is 6.76. The minimum Gasteiger partial charge on any atom is -0.486 e. The van der Waals surface area contributed by atoms with E-state index in [0.29, 0.717) is 30.6 Å². The Labute approximate surface area is 164 Å². The standard InChI is InChI=1S/C21H24N4O3/c1-15-5-7-16(8-6-15)26-14-17-9-10-19(27-17)21-24-18(13-22)20(28-21)23-11-4-12-25(2)3/h5-10,23H,4,11-12,14H2,1-3H3. The molecule has 0 fully saturated rings. The van der Waals surface area contributed by atoms with Gasteiger partial charge < -0.3 is 23.8 Å². The molecule has 2 aromatic heterocycles. The zero-order chi connectivity index (χ0) is 19.9. The molecule has 1 aromatic carbocycles. The number of aromatic nitrogens is 1. The average molecular weight is 380 g/mol. The Bertz CT molecular complexity index is 935. The van der Waals surface area contributed by atoms with Gasteiger partial charge in [0.05, 0.1) is 0 Å². The van der Waals surface area contributed by atoms with Crippen LogP contribution in [-0.4, -0.2) is 37.1 Å². The number of furan rings is 1. The number of nitrogens with zero attached hydrogens (tertiary/aromatic N) is 3. The van der Waals surface area contributed by atoms with E-state index in [1.807, 2.05) is 57.4 Å². The van der Waals surface area contributed by atoms with Gasteiger partial charge in [0.2, 0.25) is 11.6 Å². The third-order valence-electron chi connectivity index (χ3n) is 4.08. The van der Waals surface area contributed by atoms with Crippen molar-refractivity contribution in [3.63, 3.8) is 0 Å². The molecule has 146 valence electrons. The quantitative estimate of drug-likeness (QED) is 0.560. The minimum atomic E-state index is 0.216. The van der Waals surface area contributed by atoms with Gasteiger partial charge in [-0.3, -0.25) is 0 Å². The van der Waals surface area contributed by atoms with Gasteiger partial charge in [0.1, 0.15) is 24.2 Å². The van der Waals surface area contributed by atoms with Crippen molar-refractivity contribution in [3.05, 3.63) is 53.4 Å². The molecule has 7 heteroatoms. The van der Waals surface area contributed by atoms with Crippen LogP contribution in [0.25, 0.3) is 11.7 Å². The van der Waals surface area contributed by atoms with E-state index in [-0.39, 0.29) is 11.6 Å². The smallest absolute Gasteiger partial charge is 0.266 e. The van der Waals surface area contributed by atoms with Crippen LogP contribution in [0.15, 0.2) is 45.2 Å². The van der Waals surface area contributed by atoms with Crippen LogP contribution >= 0.6 is 0 Å². The molecule has 0 amide bonds. The van der Waals surface area contributed by atoms with Crippen molar-refractivity contribution >= 4 is 5.88 Å². The summed E-state index contributed by atoms with van der Waals surface area (Å²) in [6.07, 6.45) is 0.926. The molecule has 0 radical (unpaired) electrons. The van der Waals surface area contributed by atoms with Gasteiger partial charge in [-0.05, 0) is 58.3 Å². The maximum absolute atomic E-state index is 9.29. The van der Waals surface area contributed by atoms with E-state index in [2.05, 4.69) is 15.2 Å². The summed E-state index contributed by atoms with van der Waals surface area (Å²) >= 11 is 0. The molecule has 0 atom stereocenters. The van der Waals surface area contributed by atoms with Crippen LogP contribution in [0.1, 0.15) is 23.4 Å². The first-order chi connectivity index (χ1) is 13.5. The SMILES string of the molecule is Cc1ccc(OCc2ccc(-c3nc(C#N)c(NCCCN(C)C)o3)o2)cc1. The Morgan fingerprint density at radius 1 is 1.14 bits per heavy atom. The molecule has 0 unspecified atom stereocenters. The number of aryl methyl sites for hydroxylation is 1. The molecule has 0 saturated heterocycles.